The van der Waals surface area contributed by atoms with Crippen molar-refractivity contribution in [2.24, 2.45) is 0 Å². The predicted octanol–water partition coefficient (Wildman–Crippen LogP) is 15.2. The highest BCUT2D eigenvalue weighted by atomic mass is 32.1. The van der Waals surface area contributed by atoms with E-state index in [1.54, 1.807) is 12.1 Å². The van der Waals surface area contributed by atoms with Gasteiger partial charge in [-0.05, 0) is 100.0 Å². The van der Waals surface area contributed by atoms with Crippen LogP contribution in [0.1, 0.15) is 26.0 Å². The summed E-state index contributed by atoms with van der Waals surface area (Å²) in [4.78, 5) is 0. The van der Waals surface area contributed by atoms with Crippen molar-refractivity contribution in [2.75, 3.05) is 0 Å². The van der Waals surface area contributed by atoms with Crippen LogP contribution in [0.2, 0.25) is 0 Å². The summed E-state index contributed by atoms with van der Waals surface area (Å²) in [5.74, 6) is 0. The van der Waals surface area contributed by atoms with Gasteiger partial charge >= 0.3 is 0 Å². The molecule has 57 heavy (non-hydrogen) atoms. The summed E-state index contributed by atoms with van der Waals surface area (Å²) >= 11 is 0.926. The van der Waals surface area contributed by atoms with E-state index in [0.29, 0.717) is 5.69 Å². The Morgan fingerprint density at radius 1 is 0.368 bits per heavy atom. The second-order valence-electron chi connectivity index (χ2n) is 13.4. The second-order valence-corrected chi connectivity index (χ2v) is 14.4. The van der Waals surface area contributed by atoms with Gasteiger partial charge in [0.25, 0.3) is 0 Å². The van der Waals surface area contributed by atoms with Gasteiger partial charge in [0, 0.05) is 53.1 Å². The number of hydrogen-bond donors (Lipinski definition) is 0. The van der Waals surface area contributed by atoms with Crippen LogP contribution < -0.4 is 0 Å². The highest BCUT2D eigenvalue weighted by Gasteiger charge is 2.19. The third kappa shape index (κ3) is 4.96. The molecule has 0 amide bonds. The largest absolute Gasteiger partial charge is 0.309 e. The van der Waals surface area contributed by atoms with E-state index in [0.717, 1.165) is 22.5 Å². The van der Waals surface area contributed by atoms with Gasteiger partial charge in [-0.3, -0.25) is 0 Å². The number of nitrogens with zero attached hydrogens (tertiary/aromatic N) is 2. The minimum atomic E-state index is -0.597. The maximum Gasteiger partial charge on any atom is 0.0645 e. The van der Waals surface area contributed by atoms with Crippen molar-refractivity contribution in [3.63, 3.8) is 0 Å². The van der Waals surface area contributed by atoms with Crippen LogP contribution in [0.3, 0.4) is 0 Å². The lowest BCUT2D eigenvalue weighted by Gasteiger charge is -2.11. The highest BCUT2D eigenvalue weighted by Crippen LogP contribution is 2.44. The zero-order valence-corrected chi connectivity index (χ0v) is 30.3. The third-order valence-corrected chi connectivity index (χ3v) is 11.4. The Hall–Kier alpha value is -7.20. The lowest BCUT2D eigenvalue weighted by Crippen LogP contribution is -1.94. The van der Waals surface area contributed by atoms with Crippen molar-refractivity contribution in [1.82, 2.24) is 9.13 Å². The average molecular weight is 762 g/mol. The normalized spacial score (nSPS) is 16.5. The number of hydrogen-bond acceptors (Lipinski definition) is 1. The summed E-state index contributed by atoms with van der Waals surface area (Å²) < 4.78 is 176. The Morgan fingerprint density at radius 2 is 1.11 bits per heavy atom. The molecule has 0 aliphatic heterocycles. The molecule has 0 spiro atoms. The summed E-state index contributed by atoms with van der Waals surface area (Å²) in [7, 11) is 0. The third-order valence-electron chi connectivity index (χ3n) is 10.4. The number of rotatable bonds is 5. The molecule has 0 radical (unpaired) electrons. The Labute approximate surface area is 360 Å². The molecule has 3 heterocycles. The maximum absolute atomic E-state index is 10.1. The fourth-order valence-electron chi connectivity index (χ4n) is 7.86. The molecule has 0 N–H and O–H groups in total. The van der Waals surface area contributed by atoms with Crippen LogP contribution in [0.15, 0.2) is 206 Å². The molecule has 3 heteroatoms. The van der Waals surface area contributed by atoms with Crippen LogP contribution in [0.25, 0.3) is 109 Å². The predicted molar refractivity (Wildman–Crippen MR) is 244 cm³/mol. The van der Waals surface area contributed by atoms with Crippen LogP contribution in [-0.4, -0.2) is 9.13 Å². The van der Waals surface area contributed by atoms with Gasteiger partial charge in [-0.2, -0.15) is 0 Å². The summed E-state index contributed by atoms with van der Waals surface area (Å²) in [5, 5.41) is 0.395. The van der Waals surface area contributed by atoms with E-state index >= 15 is 0 Å². The van der Waals surface area contributed by atoms with E-state index in [9.17, 15) is 12.3 Å². The maximum atomic E-state index is 10.1. The molecule has 0 aliphatic carbocycles. The van der Waals surface area contributed by atoms with E-state index in [1.807, 2.05) is 42.5 Å². The molecular formula is C54H34N2S. The molecule has 2 nitrogen and oxygen atoms in total. The fourth-order valence-corrected chi connectivity index (χ4v) is 8.85. The molecule has 0 bridgehead atoms. The molecule has 12 aromatic rings. The molecule has 0 atom stereocenters. The van der Waals surface area contributed by atoms with Crippen LogP contribution in [0.5, 0.6) is 0 Å². The number of thiophene rings is 1. The smallest absolute Gasteiger partial charge is 0.0645 e. The van der Waals surface area contributed by atoms with Gasteiger partial charge < -0.3 is 9.13 Å². The summed E-state index contributed by atoms with van der Waals surface area (Å²) in [6, 6.07) is 16.5. The first-order valence-electron chi connectivity index (χ1n) is 27.5. The molecule has 9 aromatic carbocycles. The monoisotopic (exact) mass is 761 g/mol. The van der Waals surface area contributed by atoms with Crippen molar-refractivity contribution in [1.29, 1.82) is 0 Å². The van der Waals surface area contributed by atoms with Gasteiger partial charge in [-0.15, -0.1) is 11.3 Å². The minimum Gasteiger partial charge on any atom is -0.309 e. The van der Waals surface area contributed by atoms with Crippen LogP contribution in [0, 0.1) is 0 Å². The molecule has 0 aliphatic rings. The van der Waals surface area contributed by atoms with Crippen LogP contribution in [-0.2, 0) is 0 Å². The van der Waals surface area contributed by atoms with Crippen molar-refractivity contribution in [3.05, 3.63) is 206 Å². The van der Waals surface area contributed by atoms with Gasteiger partial charge in [0.2, 0.25) is 0 Å². The van der Waals surface area contributed by atoms with Gasteiger partial charge in [0.15, 0.2) is 0 Å². The summed E-state index contributed by atoms with van der Waals surface area (Å²) in [6.07, 6.45) is 0. The van der Waals surface area contributed by atoms with Crippen molar-refractivity contribution in [3.8, 4) is 44.8 Å². The van der Waals surface area contributed by atoms with Crippen LogP contribution in [0.4, 0.5) is 0 Å². The first-order chi connectivity index (χ1) is 36.2. The van der Waals surface area contributed by atoms with E-state index in [2.05, 4.69) is 0 Å². The quantitative estimate of drug-likeness (QED) is 0.165. The van der Waals surface area contributed by atoms with Crippen LogP contribution >= 0.6 is 11.3 Å². The first kappa shape index (κ1) is 18.6. The zero-order valence-electron chi connectivity index (χ0n) is 48.5. The van der Waals surface area contributed by atoms with Crippen molar-refractivity contribution < 1.29 is 26.0 Å². The lowest BCUT2D eigenvalue weighted by atomic mass is 9.98. The molecule has 0 saturated carbocycles. The molecule has 3 aromatic heterocycles. The topological polar surface area (TPSA) is 9.86 Å². The van der Waals surface area contributed by atoms with E-state index in [4.69, 9.17) is 13.7 Å². The zero-order chi connectivity index (χ0) is 54.0. The molecule has 12 rings (SSSR count). The first-order valence-corrected chi connectivity index (χ1v) is 18.8. The van der Waals surface area contributed by atoms with Gasteiger partial charge in [-0.1, -0.05) is 139 Å². The Bertz CT molecular complexity index is 4620. The highest BCUT2D eigenvalue weighted by molar-refractivity contribution is 7.26. The Kier molecular flexibility index (Phi) is 4.14. The summed E-state index contributed by atoms with van der Waals surface area (Å²) in [5.41, 5.74) is 1.75. The van der Waals surface area contributed by atoms with E-state index < -0.39 is 84.6 Å². The second kappa shape index (κ2) is 12.7. The average Bonchev–Trinajstić information content (AvgIpc) is 4.23. The Morgan fingerprint density at radius 3 is 2.02 bits per heavy atom. The Balaban J connectivity index is 1.20. The van der Waals surface area contributed by atoms with Gasteiger partial charge in [0.1, 0.15) is 0 Å². The SMILES string of the molecule is [2H]c1ccc(-c2c([2H])c([2H])c([2H])c3sc4c([2H])c([2H])c(-n5c6cc([2H])c([2H])c([2H])c6c6c([2H])c(-c7c([2H])c([2H])c([2H])c8c7c7cc([2H])c([2H])c([2H])c7n8-c7ccc(-c8ccccc8)cc7)c([2H])cc65)cc4c23)c([2H])c1[2H]. The van der Waals surface area contributed by atoms with Gasteiger partial charge in [0.05, 0.1) is 48.1 Å². The minimum absolute atomic E-state index is 0.000536. The number of para-hydroxylation sites is 2. The standard InChI is InChI=1S/C54H34N2S/c1-3-13-35(14-4-1)36-25-28-39(29-26-36)55-48-22-10-8-18-44(48)53-42(19-11-23-50(53)55)38-27-31-49-45(33-38)43-17-7-9-21-47(43)56(49)40-30-32-51-46(34-40)54-41(20-12-24-52(54)57-51)37-15-5-2-6-16-37/h1-34H/i2D,5D,7D,8D,9D,10D,11D,12D,15D,17D,19D,20D,22D,23D,24D,27D,30D,32D,33D. The molecule has 0 fully saturated rings. The van der Waals surface area contributed by atoms with Gasteiger partial charge in [-0.25, -0.2) is 0 Å². The molecule has 0 saturated heterocycles. The number of benzene rings is 9. The van der Waals surface area contributed by atoms with E-state index in [-0.39, 0.29) is 122 Å². The summed E-state index contributed by atoms with van der Waals surface area (Å²) in [6.45, 7) is 0. The number of aromatic nitrogens is 2. The number of fused-ring (bicyclic) bond motifs is 9. The van der Waals surface area contributed by atoms with E-state index in [1.165, 1.54) is 45.5 Å². The fraction of sp³-hybridized carbons (Fsp3) is 0. The lowest BCUT2D eigenvalue weighted by molar-refractivity contribution is 1.18. The van der Waals surface area contributed by atoms with Crippen molar-refractivity contribution >= 4 is 75.1 Å². The molecule has 266 valence electrons. The van der Waals surface area contributed by atoms with Crippen molar-refractivity contribution in [2.45, 2.75) is 0 Å². The molecule has 0 unspecified atom stereocenters. The molecular weight excluding hydrogens is 709 g/mol.